The van der Waals surface area contributed by atoms with Gasteiger partial charge in [-0.2, -0.15) is 5.10 Å². The first-order chi connectivity index (χ1) is 21.2. The summed E-state index contributed by atoms with van der Waals surface area (Å²) < 4.78 is 14.1. The van der Waals surface area contributed by atoms with Gasteiger partial charge in [0.15, 0.2) is 0 Å². The second kappa shape index (κ2) is 11.1. The first kappa shape index (κ1) is 28.6. The Labute approximate surface area is 269 Å². The zero-order valence-corrected chi connectivity index (χ0v) is 27.8. The van der Waals surface area contributed by atoms with Crippen molar-refractivity contribution < 1.29 is 24.1 Å². The van der Waals surface area contributed by atoms with Crippen LogP contribution in [0.3, 0.4) is 0 Å². The third-order valence-electron chi connectivity index (χ3n) is 8.20. The molecule has 0 aliphatic carbocycles. The molecule has 6 aromatic rings. The van der Waals surface area contributed by atoms with Gasteiger partial charge in [0.25, 0.3) is 0 Å². The first-order valence-corrected chi connectivity index (χ1v) is 16.1. The van der Waals surface area contributed by atoms with E-state index < -0.39 is 0 Å². The van der Waals surface area contributed by atoms with Crippen LogP contribution in [0, 0.1) is 15.9 Å². The Morgan fingerprint density at radius 2 is 1.70 bits per heavy atom. The molecule has 0 saturated heterocycles. The molecule has 224 valence electrons. The second-order valence-corrected chi connectivity index (χ2v) is 13.2. The van der Waals surface area contributed by atoms with Gasteiger partial charge in [0.05, 0.1) is 0 Å². The van der Waals surface area contributed by atoms with Crippen molar-refractivity contribution in [3.63, 3.8) is 0 Å². The number of imidazole rings is 1. The van der Waals surface area contributed by atoms with Crippen LogP contribution in [0.15, 0.2) is 85.2 Å². The summed E-state index contributed by atoms with van der Waals surface area (Å²) in [5, 5.41) is 4.75. The molecule has 0 radical (unpaired) electrons. The van der Waals surface area contributed by atoms with Crippen LogP contribution in [0.1, 0.15) is 39.7 Å². The predicted molar refractivity (Wildman–Crippen MR) is 172 cm³/mol. The van der Waals surface area contributed by atoms with Crippen molar-refractivity contribution in [2.24, 2.45) is 7.05 Å². The SMILES string of the molecule is CCCB1N(c2cc(C(C)(C)C)ccn2)c2[c-]c(Oc3[c-]c(-n4[c](=[Pt])n(C)c5ccccc54)ccc3)ccc2-c2ccnn21. The molecule has 3 aromatic heterocycles. The van der Waals surface area contributed by atoms with Crippen LogP contribution >= 0.6 is 0 Å². The quantitative estimate of drug-likeness (QED) is 0.128. The number of benzene rings is 3. The molecule has 3 aromatic carbocycles. The van der Waals surface area contributed by atoms with Crippen molar-refractivity contribution >= 4 is 29.5 Å². The fraction of sp³-hybridized carbons (Fsp3) is 0.229. The molecule has 0 unspecified atom stereocenters. The van der Waals surface area contributed by atoms with Crippen LogP contribution in [-0.2, 0) is 31.8 Å². The Balaban J connectivity index is 1.32. The average molecular weight is 760 g/mol. The third kappa shape index (κ3) is 4.86. The fourth-order valence-corrected chi connectivity index (χ4v) is 6.79. The van der Waals surface area contributed by atoms with Crippen LogP contribution in [-0.4, -0.2) is 30.8 Å². The molecule has 0 amide bonds. The van der Waals surface area contributed by atoms with E-state index in [-0.39, 0.29) is 12.4 Å². The molecule has 0 spiro atoms. The van der Waals surface area contributed by atoms with E-state index >= 15 is 0 Å². The minimum absolute atomic E-state index is 0.0110. The molecule has 0 bridgehead atoms. The van der Waals surface area contributed by atoms with Gasteiger partial charge in [-0.3, -0.25) is 0 Å². The van der Waals surface area contributed by atoms with Crippen molar-refractivity contribution in [2.45, 2.75) is 45.9 Å². The Kier molecular flexibility index (Phi) is 7.21. The van der Waals surface area contributed by atoms with Gasteiger partial charge in [0, 0.05) is 12.4 Å². The van der Waals surface area contributed by atoms with E-state index in [0.717, 1.165) is 56.0 Å². The summed E-state index contributed by atoms with van der Waals surface area (Å²) in [6.45, 7) is 8.85. The van der Waals surface area contributed by atoms with E-state index in [0.29, 0.717) is 11.5 Å². The standard InChI is InChI=1S/C35H33BN6O.Pt/c1-6-18-36-41(34-21-25(16-19-37-34)35(2,3)4)33-23-28(14-15-29(33)30-17-20-38-42(30)36)43-27-11-9-10-26(22-27)40-24-39(5)31-12-7-8-13-32(31)40;/h7-17,19-21H,6,18H2,1-5H3;/q-2;. The van der Waals surface area contributed by atoms with Crippen molar-refractivity contribution in [2.75, 3.05) is 4.81 Å². The molecule has 9 heteroatoms. The van der Waals surface area contributed by atoms with Gasteiger partial charge in [-0.05, 0) is 17.0 Å². The molecule has 0 fully saturated rings. The monoisotopic (exact) mass is 759 g/mol. The van der Waals surface area contributed by atoms with Gasteiger partial charge < -0.3 is 0 Å². The summed E-state index contributed by atoms with van der Waals surface area (Å²) in [6.07, 6.45) is 5.69. The van der Waals surface area contributed by atoms with Gasteiger partial charge in [-0.15, -0.1) is 0 Å². The molecule has 44 heavy (non-hydrogen) atoms. The third-order valence-corrected chi connectivity index (χ3v) is 9.47. The summed E-state index contributed by atoms with van der Waals surface area (Å²) in [5.74, 6) is 2.12. The number of aromatic nitrogens is 5. The van der Waals surface area contributed by atoms with E-state index in [9.17, 15) is 0 Å². The van der Waals surface area contributed by atoms with Crippen molar-refractivity contribution in [1.29, 1.82) is 0 Å². The fourth-order valence-electron chi connectivity index (χ4n) is 5.97. The van der Waals surface area contributed by atoms with E-state index in [4.69, 9.17) is 14.8 Å². The topological polar surface area (TPSA) is 53.0 Å². The molecule has 7 rings (SSSR count). The van der Waals surface area contributed by atoms with Gasteiger partial charge in [-0.25, -0.2) is 0 Å². The van der Waals surface area contributed by atoms with Gasteiger partial charge in [0.1, 0.15) is 0 Å². The summed E-state index contributed by atoms with van der Waals surface area (Å²) in [6, 6.07) is 32.0. The first-order valence-electron chi connectivity index (χ1n) is 14.9. The molecular weight excluding hydrogens is 726 g/mol. The number of pyridine rings is 1. The smallest absolute Gasteiger partial charge is 0.193 e. The maximum atomic E-state index is 6.49. The van der Waals surface area contributed by atoms with Crippen LogP contribution in [0.4, 0.5) is 11.5 Å². The van der Waals surface area contributed by atoms with E-state index in [2.05, 4.69) is 139 Å². The maximum absolute atomic E-state index is 6.49. The van der Waals surface area contributed by atoms with Crippen LogP contribution in [0.25, 0.3) is 28.0 Å². The molecule has 1 aliphatic rings. The number of aryl methyl sites for hydroxylation is 1. The van der Waals surface area contributed by atoms with Gasteiger partial charge in [0.2, 0.25) is 0 Å². The Bertz CT molecular complexity index is 2070. The van der Waals surface area contributed by atoms with E-state index in [1.165, 1.54) is 5.56 Å². The number of fused-ring (bicyclic) bond motifs is 4. The van der Waals surface area contributed by atoms with Gasteiger partial charge >= 0.3 is 202 Å². The molecule has 0 atom stereocenters. The Morgan fingerprint density at radius 3 is 2.50 bits per heavy atom. The van der Waals surface area contributed by atoms with Crippen LogP contribution in [0.5, 0.6) is 11.5 Å². The number of hydrogen-bond acceptors (Lipinski definition) is 4. The Morgan fingerprint density at radius 1 is 0.909 bits per heavy atom. The molecule has 0 N–H and O–H groups in total. The average Bonchev–Trinajstić information content (AvgIpc) is 3.60. The zero-order chi connectivity index (χ0) is 30.6. The number of hydrogen-bond donors (Lipinski definition) is 0. The number of nitrogens with zero attached hydrogens (tertiary/aromatic N) is 6. The number of para-hydroxylation sites is 2. The van der Waals surface area contributed by atoms with Crippen molar-refractivity contribution in [3.05, 3.63) is 107 Å². The van der Waals surface area contributed by atoms with E-state index in [1.54, 1.807) is 0 Å². The number of rotatable bonds is 6. The Hall–Kier alpha value is -4.16. The summed E-state index contributed by atoms with van der Waals surface area (Å²) >= 11 is 2.36. The number of ether oxygens (including phenoxy) is 1. The molecule has 4 heterocycles. The zero-order valence-electron chi connectivity index (χ0n) is 25.5. The second-order valence-electron chi connectivity index (χ2n) is 12.2. The molecule has 0 saturated carbocycles. The number of anilines is 2. The van der Waals surface area contributed by atoms with Crippen LogP contribution in [0.2, 0.25) is 6.32 Å². The molecular formula is C35H33BN6OPt-2. The summed E-state index contributed by atoms with van der Waals surface area (Å²) in [7, 11) is 2.08. The van der Waals surface area contributed by atoms with E-state index in [1.807, 2.05) is 30.6 Å². The predicted octanol–water partition coefficient (Wildman–Crippen LogP) is 7.89. The normalized spacial score (nSPS) is 12.9. The van der Waals surface area contributed by atoms with Gasteiger partial charge in [-0.1, -0.05) is 34.1 Å². The molecule has 7 nitrogen and oxygen atoms in total. The van der Waals surface area contributed by atoms with Crippen LogP contribution < -0.4 is 9.55 Å². The van der Waals surface area contributed by atoms with Crippen molar-refractivity contribution in [1.82, 2.24) is 23.8 Å². The summed E-state index contributed by atoms with van der Waals surface area (Å²) in [5.41, 5.74) is 7.45. The van der Waals surface area contributed by atoms with Crippen molar-refractivity contribution in [3.8, 4) is 28.4 Å². The minimum Gasteiger partial charge on any atom is -0.193 e. The minimum atomic E-state index is -0.0356. The molecule has 1 aliphatic heterocycles. The summed E-state index contributed by atoms with van der Waals surface area (Å²) in [4.78, 5) is 7.14.